The Morgan fingerprint density at radius 3 is 2.71 bits per heavy atom. The molecule has 0 aliphatic rings. The standard InChI is InChI=1S/C20H20N4O2S2/c1-10-7-15(13(4)28-10)17-9-27-20(23-17)24-18(25)6-5-14-11(2)16(8-21)19(26)22-12(14)3/h7,9H,5-6H2,1-4H3,(H,22,26)(H,23,24,25). The van der Waals surface area contributed by atoms with E-state index in [1.807, 2.05) is 11.4 Å². The lowest BCUT2D eigenvalue weighted by atomic mass is 9.99. The molecule has 0 aromatic carbocycles. The summed E-state index contributed by atoms with van der Waals surface area (Å²) in [6.45, 7) is 7.65. The van der Waals surface area contributed by atoms with Crippen LogP contribution in [0.15, 0.2) is 16.2 Å². The molecule has 0 aliphatic heterocycles. The molecule has 3 heterocycles. The van der Waals surface area contributed by atoms with Gasteiger partial charge in [-0.3, -0.25) is 9.59 Å². The van der Waals surface area contributed by atoms with E-state index in [4.69, 9.17) is 5.26 Å². The van der Waals surface area contributed by atoms with Gasteiger partial charge in [-0.1, -0.05) is 0 Å². The lowest BCUT2D eigenvalue weighted by Gasteiger charge is -2.10. The molecule has 0 bridgehead atoms. The molecule has 28 heavy (non-hydrogen) atoms. The number of carbonyl (C=O) groups excluding carboxylic acids is 1. The van der Waals surface area contributed by atoms with Crippen molar-refractivity contribution in [2.24, 2.45) is 0 Å². The van der Waals surface area contributed by atoms with Crippen LogP contribution in [0.1, 0.15) is 38.6 Å². The van der Waals surface area contributed by atoms with E-state index in [-0.39, 0.29) is 23.5 Å². The number of rotatable bonds is 5. The van der Waals surface area contributed by atoms with Crippen molar-refractivity contribution in [3.05, 3.63) is 53.9 Å². The van der Waals surface area contributed by atoms with Crippen LogP contribution in [0.4, 0.5) is 5.13 Å². The van der Waals surface area contributed by atoms with Crippen molar-refractivity contribution in [2.75, 3.05) is 5.32 Å². The number of nitriles is 1. The fraction of sp³-hybridized carbons (Fsp3) is 0.300. The predicted molar refractivity (Wildman–Crippen MR) is 113 cm³/mol. The zero-order chi connectivity index (χ0) is 20.4. The van der Waals surface area contributed by atoms with Gasteiger partial charge in [0.15, 0.2) is 5.13 Å². The van der Waals surface area contributed by atoms with Crippen molar-refractivity contribution >= 4 is 33.7 Å². The number of anilines is 1. The van der Waals surface area contributed by atoms with Crippen molar-refractivity contribution in [2.45, 2.75) is 40.5 Å². The van der Waals surface area contributed by atoms with Gasteiger partial charge >= 0.3 is 0 Å². The number of pyridine rings is 1. The minimum Gasteiger partial charge on any atom is -0.325 e. The van der Waals surface area contributed by atoms with Crippen LogP contribution in [0.25, 0.3) is 11.3 Å². The second-order valence-corrected chi connectivity index (χ2v) is 8.90. The van der Waals surface area contributed by atoms with E-state index in [0.29, 0.717) is 22.8 Å². The Morgan fingerprint density at radius 2 is 2.07 bits per heavy atom. The maximum Gasteiger partial charge on any atom is 0.266 e. The number of nitrogens with one attached hydrogen (secondary N) is 2. The summed E-state index contributed by atoms with van der Waals surface area (Å²) in [5.41, 5.74) is 3.84. The molecule has 3 aromatic rings. The molecule has 0 aliphatic carbocycles. The van der Waals surface area contributed by atoms with Crippen LogP contribution in [0, 0.1) is 39.0 Å². The summed E-state index contributed by atoms with van der Waals surface area (Å²) in [6.07, 6.45) is 0.681. The molecule has 3 aromatic heterocycles. The molecule has 0 saturated heterocycles. The maximum atomic E-state index is 12.4. The van der Waals surface area contributed by atoms with Gasteiger partial charge in [0.1, 0.15) is 11.6 Å². The van der Waals surface area contributed by atoms with Crippen LogP contribution in [0.5, 0.6) is 0 Å². The first-order valence-corrected chi connectivity index (χ1v) is 10.4. The van der Waals surface area contributed by atoms with Gasteiger partial charge in [0.05, 0.1) is 5.69 Å². The first-order chi connectivity index (χ1) is 13.3. The summed E-state index contributed by atoms with van der Waals surface area (Å²) in [7, 11) is 0. The number of hydrogen-bond donors (Lipinski definition) is 2. The summed E-state index contributed by atoms with van der Waals surface area (Å²) < 4.78 is 0. The Hall–Kier alpha value is -2.76. The highest BCUT2D eigenvalue weighted by Gasteiger charge is 2.15. The number of thiazole rings is 1. The van der Waals surface area contributed by atoms with Crippen LogP contribution >= 0.6 is 22.7 Å². The third-order valence-electron chi connectivity index (χ3n) is 4.59. The number of H-pyrrole nitrogens is 1. The third-order valence-corrected chi connectivity index (χ3v) is 6.31. The summed E-state index contributed by atoms with van der Waals surface area (Å²) in [5, 5.41) is 14.5. The lowest BCUT2D eigenvalue weighted by molar-refractivity contribution is -0.116. The van der Waals surface area contributed by atoms with E-state index in [1.165, 1.54) is 21.1 Å². The molecular formula is C20H20N4O2S2. The maximum absolute atomic E-state index is 12.4. The Morgan fingerprint density at radius 1 is 1.32 bits per heavy atom. The minimum atomic E-state index is -0.389. The van der Waals surface area contributed by atoms with Gasteiger partial charge in [-0.25, -0.2) is 4.98 Å². The number of aryl methyl sites for hydroxylation is 3. The van der Waals surface area contributed by atoms with E-state index in [9.17, 15) is 9.59 Å². The average molecular weight is 413 g/mol. The van der Waals surface area contributed by atoms with Crippen molar-refractivity contribution in [1.29, 1.82) is 5.26 Å². The van der Waals surface area contributed by atoms with Crippen LogP contribution < -0.4 is 10.9 Å². The highest BCUT2D eigenvalue weighted by molar-refractivity contribution is 7.14. The zero-order valence-electron chi connectivity index (χ0n) is 16.1. The number of aromatic amines is 1. The molecule has 0 atom stereocenters. The first-order valence-electron chi connectivity index (χ1n) is 8.75. The largest absolute Gasteiger partial charge is 0.325 e. The summed E-state index contributed by atoms with van der Waals surface area (Å²) in [5.74, 6) is -0.150. The molecule has 0 radical (unpaired) electrons. The zero-order valence-corrected chi connectivity index (χ0v) is 17.7. The number of aromatic nitrogens is 2. The topological polar surface area (TPSA) is 98.6 Å². The fourth-order valence-corrected chi connectivity index (χ4v) is 4.84. The number of thiophene rings is 1. The van der Waals surface area contributed by atoms with Crippen LogP contribution in [-0.2, 0) is 11.2 Å². The smallest absolute Gasteiger partial charge is 0.266 e. The summed E-state index contributed by atoms with van der Waals surface area (Å²) >= 11 is 3.13. The number of nitrogens with zero attached hydrogens (tertiary/aromatic N) is 2. The first kappa shape index (κ1) is 20.0. The van der Waals surface area contributed by atoms with Gasteiger partial charge in [-0.05, 0) is 51.3 Å². The highest BCUT2D eigenvalue weighted by Crippen LogP contribution is 2.32. The monoisotopic (exact) mass is 412 g/mol. The summed E-state index contributed by atoms with van der Waals surface area (Å²) in [4.78, 5) is 33.8. The molecule has 8 heteroatoms. The van der Waals surface area contributed by atoms with Crippen molar-refractivity contribution in [3.63, 3.8) is 0 Å². The second-order valence-electron chi connectivity index (χ2n) is 6.58. The fourth-order valence-electron chi connectivity index (χ4n) is 3.18. The molecule has 144 valence electrons. The van der Waals surface area contributed by atoms with E-state index < -0.39 is 0 Å². The second kappa shape index (κ2) is 8.09. The molecule has 0 spiro atoms. The quantitative estimate of drug-likeness (QED) is 0.655. The van der Waals surface area contributed by atoms with Crippen molar-refractivity contribution in [3.8, 4) is 17.3 Å². The minimum absolute atomic E-state index is 0.104. The Bertz CT molecular complexity index is 1150. The van der Waals surface area contributed by atoms with Gasteiger partial charge < -0.3 is 10.3 Å². The van der Waals surface area contributed by atoms with Gasteiger partial charge in [-0.2, -0.15) is 5.26 Å². The van der Waals surface area contributed by atoms with Gasteiger partial charge in [0, 0.05) is 32.8 Å². The van der Waals surface area contributed by atoms with Crippen LogP contribution in [0.2, 0.25) is 0 Å². The van der Waals surface area contributed by atoms with Crippen molar-refractivity contribution < 1.29 is 4.79 Å². The van der Waals surface area contributed by atoms with E-state index >= 15 is 0 Å². The van der Waals surface area contributed by atoms with Gasteiger partial charge in [0.2, 0.25) is 5.91 Å². The van der Waals surface area contributed by atoms with E-state index in [1.54, 1.807) is 25.2 Å². The predicted octanol–water partition coefficient (Wildman–Crippen LogP) is 4.24. The lowest BCUT2D eigenvalue weighted by Crippen LogP contribution is -2.18. The Balaban J connectivity index is 1.69. The normalized spacial score (nSPS) is 10.7. The Labute approximate surface area is 170 Å². The third kappa shape index (κ3) is 4.06. The number of amides is 1. The van der Waals surface area contributed by atoms with Gasteiger partial charge in [0.25, 0.3) is 5.56 Å². The summed E-state index contributed by atoms with van der Waals surface area (Å²) in [6, 6.07) is 4.04. The molecular weight excluding hydrogens is 392 g/mol. The van der Waals surface area contributed by atoms with Gasteiger partial charge in [-0.15, -0.1) is 22.7 Å². The number of hydrogen-bond acceptors (Lipinski definition) is 6. The molecule has 1 amide bonds. The molecule has 0 unspecified atom stereocenters. The SMILES string of the molecule is Cc1cc(-c2csc(NC(=O)CCc3c(C)[nH]c(=O)c(C#N)c3C)n2)c(C)s1. The Kier molecular flexibility index (Phi) is 5.77. The van der Waals surface area contributed by atoms with Crippen LogP contribution in [0.3, 0.4) is 0 Å². The highest BCUT2D eigenvalue weighted by atomic mass is 32.1. The number of carbonyl (C=O) groups is 1. The van der Waals surface area contributed by atoms with E-state index in [0.717, 1.165) is 16.8 Å². The van der Waals surface area contributed by atoms with Crippen LogP contribution in [-0.4, -0.2) is 15.9 Å². The van der Waals surface area contributed by atoms with Crippen molar-refractivity contribution in [1.82, 2.24) is 9.97 Å². The molecule has 0 saturated carbocycles. The van der Waals surface area contributed by atoms with E-state index in [2.05, 4.69) is 35.2 Å². The molecule has 0 fully saturated rings. The average Bonchev–Trinajstić information content (AvgIpc) is 3.20. The molecule has 6 nitrogen and oxygen atoms in total. The molecule has 2 N–H and O–H groups in total. The molecule has 3 rings (SSSR count).